The fraction of sp³-hybridized carbons (Fsp3) is 0.696. The van der Waals surface area contributed by atoms with Crippen molar-refractivity contribution in [1.82, 2.24) is 14.5 Å². The predicted molar refractivity (Wildman–Crippen MR) is 127 cm³/mol. The van der Waals surface area contributed by atoms with E-state index in [-0.39, 0.29) is 42.5 Å². The minimum absolute atomic E-state index is 0.0141. The first kappa shape index (κ1) is 24.6. The number of piperidine rings is 2. The second-order valence-electron chi connectivity index (χ2n) is 9.80. The lowest BCUT2D eigenvalue weighted by Gasteiger charge is -2.36. The molecular formula is C23H35N3O5S2. The van der Waals surface area contributed by atoms with Crippen molar-refractivity contribution in [2.45, 2.75) is 62.9 Å². The van der Waals surface area contributed by atoms with Gasteiger partial charge in [0.1, 0.15) is 0 Å². The van der Waals surface area contributed by atoms with Crippen molar-refractivity contribution in [3.05, 3.63) is 29.3 Å². The molecule has 3 aliphatic heterocycles. The van der Waals surface area contributed by atoms with Crippen molar-refractivity contribution in [1.29, 1.82) is 0 Å². The second-order valence-corrected chi connectivity index (χ2v) is 13.9. The van der Waals surface area contributed by atoms with E-state index < -0.39 is 25.9 Å². The molecule has 3 aliphatic rings. The van der Waals surface area contributed by atoms with Crippen LogP contribution in [0.2, 0.25) is 0 Å². The summed E-state index contributed by atoms with van der Waals surface area (Å²) in [5.41, 5.74) is 1.74. The fourth-order valence-corrected chi connectivity index (χ4v) is 9.09. The quantitative estimate of drug-likeness (QED) is 0.661. The topological polar surface area (TPSA) is 104 Å². The Kier molecular flexibility index (Phi) is 7.19. The van der Waals surface area contributed by atoms with Gasteiger partial charge >= 0.3 is 0 Å². The molecule has 3 heterocycles. The summed E-state index contributed by atoms with van der Waals surface area (Å²) in [7, 11) is -6.78. The SMILES string of the molecule is Cc1ccc(S(=O)(=O)N2CCC(C(=O)NC3CS(=O)(=O)CC3N3CCCCC3)CC2)c(C)c1. The van der Waals surface area contributed by atoms with Gasteiger partial charge in [-0.15, -0.1) is 0 Å². The molecule has 8 nitrogen and oxygen atoms in total. The number of nitrogens with one attached hydrogen (secondary N) is 1. The lowest BCUT2D eigenvalue weighted by atomic mass is 9.96. The number of nitrogens with zero attached hydrogens (tertiary/aromatic N) is 2. The van der Waals surface area contributed by atoms with E-state index in [4.69, 9.17) is 0 Å². The van der Waals surface area contributed by atoms with Crippen LogP contribution in [-0.4, -0.2) is 81.7 Å². The average molecular weight is 498 g/mol. The molecule has 3 fully saturated rings. The first-order valence-corrected chi connectivity index (χ1v) is 15.2. The van der Waals surface area contributed by atoms with E-state index in [0.29, 0.717) is 17.7 Å². The third kappa shape index (κ3) is 5.44. The van der Waals surface area contributed by atoms with Crippen LogP contribution in [-0.2, 0) is 24.7 Å². The van der Waals surface area contributed by atoms with Crippen LogP contribution in [0.3, 0.4) is 0 Å². The molecule has 3 saturated heterocycles. The van der Waals surface area contributed by atoms with E-state index in [9.17, 15) is 21.6 Å². The standard InChI is InChI=1S/C23H35N3O5S2/c1-17-6-7-22(18(2)14-17)33(30,31)26-12-8-19(9-13-26)23(27)24-20-15-32(28,29)16-21(20)25-10-4-3-5-11-25/h6-7,14,19-21H,3-5,8-13,15-16H2,1-2H3,(H,24,27). The van der Waals surface area contributed by atoms with Crippen LogP contribution in [0.25, 0.3) is 0 Å². The predicted octanol–water partition coefficient (Wildman–Crippen LogP) is 1.47. The van der Waals surface area contributed by atoms with Gasteiger partial charge in [-0.05, 0) is 64.3 Å². The highest BCUT2D eigenvalue weighted by molar-refractivity contribution is 7.91. The van der Waals surface area contributed by atoms with Gasteiger partial charge in [0, 0.05) is 25.0 Å². The van der Waals surface area contributed by atoms with Gasteiger partial charge in [-0.25, -0.2) is 16.8 Å². The molecule has 4 rings (SSSR count). The Balaban J connectivity index is 1.38. The Hall–Kier alpha value is -1.49. The van der Waals surface area contributed by atoms with Crippen LogP contribution in [0.15, 0.2) is 23.1 Å². The number of carbonyl (C=O) groups excluding carboxylic acids is 1. The molecule has 0 spiro atoms. The Labute approximate surface area is 197 Å². The number of benzene rings is 1. The van der Waals surface area contributed by atoms with Gasteiger partial charge in [0.25, 0.3) is 0 Å². The molecular weight excluding hydrogens is 462 g/mol. The zero-order valence-corrected chi connectivity index (χ0v) is 21.1. The lowest BCUT2D eigenvalue weighted by molar-refractivity contribution is -0.127. The van der Waals surface area contributed by atoms with Crippen LogP contribution in [0.4, 0.5) is 0 Å². The molecule has 0 aromatic heterocycles. The van der Waals surface area contributed by atoms with E-state index in [1.165, 1.54) is 4.31 Å². The van der Waals surface area contributed by atoms with Crippen LogP contribution >= 0.6 is 0 Å². The lowest BCUT2D eigenvalue weighted by Crippen LogP contribution is -2.54. The van der Waals surface area contributed by atoms with Gasteiger partial charge in [-0.3, -0.25) is 9.69 Å². The maximum absolute atomic E-state index is 13.1. The molecule has 1 aromatic rings. The van der Waals surface area contributed by atoms with Gasteiger partial charge in [0.2, 0.25) is 15.9 Å². The minimum Gasteiger partial charge on any atom is -0.350 e. The van der Waals surface area contributed by atoms with Gasteiger partial charge < -0.3 is 5.32 Å². The molecule has 1 amide bonds. The van der Waals surface area contributed by atoms with Crippen LogP contribution in [0.5, 0.6) is 0 Å². The van der Waals surface area contributed by atoms with Crippen molar-refractivity contribution in [3.8, 4) is 0 Å². The van der Waals surface area contributed by atoms with E-state index in [0.717, 1.165) is 43.5 Å². The molecule has 33 heavy (non-hydrogen) atoms. The summed E-state index contributed by atoms with van der Waals surface area (Å²) in [5.74, 6) is -0.367. The molecule has 1 N–H and O–H groups in total. The van der Waals surface area contributed by atoms with Gasteiger partial charge in [0.05, 0.1) is 22.4 Å². The number of sulfone groups is 1. The number of likely N-dealkylation sites (tertiary alicyclic amines) is 1. The Morgan fingerprint density at radius 3 is 2.30 bits per heavy atom. The summed E-state index contributed by atoms with van der Waals surface area (Å²) in [6.45, 7) is 6.05. The van der Waals surface area contributed by atoms with E-state index in [1.807, 2.05) is 13.0 Å². The number of carbonyl (C=O) groups is 1. The molecule has 0 radical (unpaired) electrons. The van der Waals surface area contributed by atoms with E-state index in [1.54, 1.807) is 19.1 Å². The first-order chi connectivity index (χ1) is 15.6. The summed E-state index contributed by atoms with van der Waals surface area (Å²) < 4.78 is 52.4. The van der Waals surface area contributed by atoms with Gasteiger partial charge in [-0.1, -0.05) is 24.1 Å². The number of hydrogen-bond donors (Lipinski definition) is 1. The van der Waals surface area contributed by atoms with Crippen LogP contribution < -0.4 is 5.32 Å². The highest BCUT2D eigenvalue weighted by Gasteiger charge is 2.43. The summed E-state index contributed by atoms with van der Waals surface area (Å²) in [5, 5.41) is 3.02. The highest BCUT2D eigenvalue weighted by Crippen LogP contribution is 2.27. The molecule has 184 valence electrons. The van der Waals surface area contributed by atoms with Crippen molar-refractivity contribution in [3.63, 3.8) is 0 Å². The zero-order valence-electron chi connectivity index (χ0n) is 19.5. The summed E-state index contributed by atoms with van der Waals surface area (Å²) in [4.78, 5) is 15.6. The maximum atomic E-state index is 13.1. The average Bonchev–Trinajstić information content (AvgIpc) is 3.08. The minimum atomic E-state index is -3.60. The zero-order chi connectivity index (χ0) is 23.8. The normalized spacial score (nSPS) is 27.5. The number of rotatable bonds is 5. The maximum Gasteiger partial charge on any atom is 0.243 e. The Morgan fingerprint density at radius 2 is 1.67 bits per heavy atom. The smallest absolute Gasteiger partial charge is 0.243 e. The summed E-state index contributed by atoms with van der Waals surface area (Å²) >= 11 is 0. The molecule has 0 aliphatic carbocycles. The second kappa shape index (κ2) is 9.64. The van der Waals surface area contributed by atoms with Crippen LogP contribution in [0.1, 0.15) is 43.2 Å². The summed E-state index contributed by atoms with van der Waals surface area (Å²) in [6, 6.07) is 4.76. The van der Waals surface area contributed by atoms with E-state index >= 15 is 0 Å². The third-order valence-corrected chi connectivity index (χ3v) is 11.1. The van der Waals surface area contributed by atoms with Crippen LogP contribution in [0, 0.1) is 19.8 Å². The number of aryl methyl sites for hydroxylation is 2. The van der Waals surface area contributed by atoms with Gasteiger partial charge in [-0.2, -0.15) is 4.31 Å². The molecule has 1 aromatic carbocycles. The molecule has 2 unspecified atom stereocenters. The van der Waals surface area contributed by atoms with Gasteiger partial charge in [0.15, 0.2) is 9.84 Å². The highest BCUT2D eigenvalue weighted by atomic mass is 32.2. The largest absolute Gasteiger partial charge is 0.350 e. The van der Waals surface area contributed by atoms with Crippen molar-refractivity contribution < 1.29 is 21.6 Å². The van der Waals surface area contributed by atoms with Crippen molar-refractivity contribution in [2.24, 2.45) is 5.92 Å². The number of hydrogen-bond acceptors (Lipinski definition) is 6. The third-order valence-electron chi connectivity index (χ3n) is 7.28. The monoisotopic (exact) mass is 497 g/mol. The number of amides is 1. The van der Waals surface area contributed by atoms with Crippen molar-refractivity contribution >= 4 is 25.8 Å². The van der Waals surface area contributed by atoms with Crippen molar-refractivity contribution in [2.75, 3.05) is 37.7 Å². The van der Waals surface area contributed by atoms with E-state index in [2.05, 4.69) is 10.2 Å². The first-order valence-electron chi connectivity index (χ1n) is 11.9. The Morgan fingerprint density at radius 1 is 1.00 bits per heavy atom. The molecule has 0 saturated carbocycles. The molecule has 10 heteroatoms. The molecule has 0 bridgehead atoms. The fourth-order valence-electron chi connectivity index (χ4n) is 5.46. The number of sulfonamides is 1. The molecule has 2 atom stereocenters. The Bertz CT molecular complexity index is 1090. The summed E-state index contributed by atoms with van der Waals surface area (Å²) in [6.07, 6.45) is 4.15.